The van der Waals surface area contributed by atoms with Crippen LogP contribution in [0.25, 0.3) is 11.2 Å². The number of imidazole rings is 1. The molecule has 6 N–H and O–H groups in total. The normalized spacial score (nSPS) is 38.4. The molecule has 0 amide bonds. The van der Waals surface area contributed by atoms with Gasteiger partial charge in [0.25, 0.3) is 0 Å². The third kappa shape index (κ3) is 1.57. The van der Waals surface area contributed by atoms with Crippen molar-refractivity contribution in [2.45, 2.75) is 30.5 Å². The van der Waals surface area contributed by atoms with Crippen molar-refractivity contribution in [2.75, 3.05) is 12.3 Å². The summed E-state index contributed by atoms with van der Waals surface area (Å²) in [6.45, 7) is 0.413. The van der Waals surface area contributed by atoms with Crippen LogP contribution in [0.2, 0.25) is 0 Å². The molecule has 0 radical (unpaired) electrons. The quantitative estimate of drug-likeness (QED) is 0.516. The third-order valence-electron chi connectivity index (χ3n) is 4.50. The molecule has 1 aliphatic carbocycles. The summed E-state index contributed by atoms with van der Waals surface area (Å²) in [5.74, 6) is 0.314. The van der Waals surface area contributed by atoms with Crippen LogP contribution in [0.5, 0.6) is 0 Å². The van der Waals surface area contributed by atoms with Gasteiger partial charge in [-0.05, 0) is 13.0 Å². The second kappa shape index (κ2) is 4.10. The van der Waals surface area contributed by atoms with E-state index in [0.717, 1.165) is 0 Å². The van der Waals surface area contributed by atoms with Crippen molar-refractivity contribution in [1.29, 1.82) is 0 Å². The fraction of sp³-hybridized carbons (Fsp3) is 0.583. The van der Waals surface area contributed by atoms with E-state index < -0.39 is 24.0 Å². The Balaban J connectivity index is 1.75. The average Bonchev–Trinajstić information content (AvgIpc) is 2.94. The molecular weight excluding hydrogens is 276 g/mol. The number of aliphatic hydroxyl groups excluding tert-OH is 2. The van der Waals surface area contributed by atoms with Crippen molar-refractivity contribution in [1.82, 2.24) is 19.5 Å². The molecule has 2 fully saturated rings. The van der Waals surface area contributed by atoms with Crippen molar-refractivity contribution >= 4 is 17.0 Å². The molecule has 1 saturated heterocycles. The third-order valence-corrected chi connectivity index (χ3v) is 4.50. The van der Waals surface area contributed by atoms with Gasteiger partial charge in [0, 0.05) is 5.92 Å². The summed E-state index contributed by atoms with van der Waals surface area (Å²) < 4.78 is 7.49. The molecular formula is C12H16N6O3. The Kier molecular flexibility index (Phi) is 2.52. The number of hydrogen-bond donors (Lipinski definition) is 4. The Morgan fingerprint density at radius 2 is 2.19 bits per heavy atom. The first kappa shape index (κ1) is 12.9. The van der Waals surface area contributed by atoms with E-state index in [9.17, 15) is 10.2 Å². The van der Waals surface area contributed by atoms with Crippen LogP contribution in [0.3, 0.4) is 0 Å². The Hall–Kier alpha value is -1.81. The molecule has 2 aromatic rings. The SMILES string of the molecule is NC[C@@H]1C[C@@]12O[C@@H](n1cnc3c(N)ncnc31)C(O)[C@H]2O. The highest BCUT2D eigenvalue weighted by molar-refractivity contribution is 5.81. The van der Waals surface area contributed by atoms with Crippen molar-refractivity contribution in [3.05, 3.63) is 12.7 Å². The van der Waals surface area contributed by atoms with Crippen LogP contribution < -0.4 is 11.5 Å². The van der Waals surface area contributed by atoms with E-state index in [1.54, 1.807) is 4.57 Å². The average molecular weight is 292 g/mol. The molecule has 1 spiro atoms. The first-order valence-electron chi connectivity index (χ1n) is 6.75. The number of ether oxygens (including phenoxy) is 1. The lowest BCUT2D eigenvalue weighted by atomic mass is 10.1. The Bertz CT molecular complexity index is 705. The van der Waals surface area contributed by atoms with Crippen molar-refractivity contribution in [3.63, 3.8) is 0 Å². The summed E-state index contributed by atoms with van der Waals surface area (Å²) >= 11 is 0. The molecule has 2 aromatic heterocycles. The van der Waals surface area contributed by atoms with Gasteiger partial charge in [0.15, 0.2) is 17.7 Å². The lowest BCUT2D eigenvalue weighted by molar-refractivity contribution is -0.0526. The van der Waals surface area contributed by atoms with Crippen molar-refractivity contribution < 1.29 is 14.9 Å². The Morgan fingerprint density at radius 1 is 1.38 bits per heavy atom. The predicted octanol–water partition coefficient (Wildman–Crippen LogP) is -1.62. The fourth-order valence-electron chi connectivity index (χ4n) is 3.20. The number of nitrogens with zero attached hydrogens (tertiary/aromatic N) is 4. The smallest absolute Gasteiger partial charge is 0.167 e. The minimum atomic E-state index is -1.07. The maximum Gasteiger partial charge on any atom is 0.167 e. The van der Waals surface area contributed by atoms with E-state index in [4.69, 9.17) is 16.2 Å². The number of nitrogen functional groups attached to an aromatic ring is 1. The Morgan fingerprint density at radius 3 is 2.90 bits per heavy atom. The maximum atomic E-state index is 10.3. The van der Waals surface area contributed by atoms with E-state index in [1.165, 1.54) is 12.7 Å². The van der Waals surface area contributed by atoms with Crippen LogP contribution >= 0.6 is 0 Å². The zero-order chi connectivity index (χ0) is 14.8. The Labute approximate surface area is 119 Å². The summed E-state index contributed by atoms with van der Waals surface area (Å²) in [6, 6.07) is 0. The summed E-state index contributed by atoms with van der Waals surface area (Å²) in [5.41, 5.74) is 11.5. The maximum absolute atomic E-state index is 10.3. The van der Waals surface area contributed by atoms with E-state index >= 15 is 0 Å². The van der Waals surface area contributed by atoms with E-state index in [-0.39, 0.29) is 11.7 Å². The zero-order valence-corrected chi connectivity index (χ0v) is 11.1. The van der Waals surface area contributed by atoms with E-state index in [0.29, 0.717) is 24.1 Å². The molecule has 1 unspecified atom stereocenters. The largest absolute Gasteiger partial charge is 0.387 e. The molecule has 0 aromatic carbocycles. The molecule has 0 bridgehead atoms. The molecule has 112 valence electrons. The van der Waals surface area contributed by atoms with E-state index in [1.807, 2.05) is 0 Å². The van der Waals surface area contributed by atoms with Gasteiger partial charge in [-0.2, -0.15) is 0 Å². The molecule has 5 atom stereocenters. The van der Waals surface area contributed by atoms with Crippen LogP contribution in [0.15, 0.2) is 12.7 Å². The van der Waals surface area contributed by atoms with Crippen LogP contribution in [-0.2, 0) is 4.74 Å². The van der Waals surface area contributed by atoms with Gasteiger partial charge in [-0.3, -0.25) is 4.57 Å². The lowest BCUT2D eigenvalue weighted by Crippen LogP contribution is -2.34. The number of aromatic nitrogens is 4. The fourth-order valence-corrected chi connectivity index (χ4v) is 3.20. The first-order chi connectivity index (χ1) is 10.1. The molecule has 4 rings (SSSR count). The molecule has 21 heavy (non-hydrogen) atoms. The van der Waals surface area contributed by atoms with Gasteiger partial charge in [-0.15, -0.1) is 0 Å². The highest BCUT2D eigenvalue weighted by Crippen LogP contribution is 2.57. The lowest BCUT2D eigenvalue weighted by Gasteiger charge is -2.16. The highest BCUT2D eigenvalue weighted by atomic mass is 16.6. The van der Waals surface area contributed by atoms with Crippen molar-refractivity contribution in [3.8, 4) is 0 Å². The summed E-state index contributed by atoms with van der Waals surface area (Å²) in [7, 11) is 0. The van der Waals surface area contributed by atoms with Crippen LogP contribution in [0.1, 0.15) is 12.6 Å². The second-order valence-corrected chi connectivity index (χ2v) is 5.62. The number of nitrogens with two attached hydrogens (primary N) is 2. The molecule has 9 heteroatoms. The molecule has 3 heterocycles. The number of anilines is 1. The van der Waals surface area contributed by atoms with Crippen LogP contribution in [0.4, 0.5) is 5.82 Å². The number of fused-ring (bicyclic) bond motifs is 1. The number of hydrogen-bond acceptors (Lipinski definition) is 8. The second-order valence-electron chi connectivity index (χ2n) is 5.62. The zero-order valence-electron chi connectivity index (χ0n) is 11.1. The summed E-state index contributed by atoms with van der Waals surface area (Å²) in [6.07, 6.45) is 0.624. The van der Waals surface area contributed by atoms with Crippen LogP contribution in [0, 0.1) is 5.92 Å². The highest BCUT2D eigenvalue weighted by Gasteiger charge is 2.68. The topological polar surface area (TPSA) is 145 Å². The van der Waals surface area contributed by atoms with Crippen molar-refractivity contribution in [2.24, 2.45) is 11.7 Å². The van der Waals surface area contributed by atoms with Gasteiger partial charge in [0.1, 0.15) is 29.7 Å². The van der Waals surface area contributed by atoms with E-state index in [2.05, 4.69) is 15.0 Å². The number of aliphatic hydroxyl groups is 2. The molecule has 1 aliphatic heterocycles. The summed E-state index contributed by atoms with van der Waals surface area (Å²) in [5, 5.41) is 20.6. The van der Waals surface area contributed by atoms with Gasteiger partial charge < -0.3 is 26.4 Å². The minimum Gasteiger partial charge on any atom is -0.387 e. The summed E-state index contributed by atoms with van der Waals surface area (Å²) in [4.78, 5) is 12.1. The predicted molar refractivity (Wildman–Crippen MR) is 71.8 cm³/mol. The first-order valence-corrected chi connectivity index (χ1v) is 6.75. The standard InChI is InChI=1S/C12H16N6O3/c13-2-5-1-12(5)8(20)7(19)11(21-12)18-4-17-6-9(14)15-3-16-10(6)18/h3-5,7-8,11,19-20H,1-2,13H2,(H2,14,15,16)/t5-,7?,8+,11+,12+/m0/s1. The van der Waals surface area contributed by atoms with Gasteiger partial charge >= 0.3 is 0 Å². The number of rotatable bonds is 2. The van der Waals surface area contributed by atoms with Gasteiger partial charge in [0.2, 0.25) is 0 Å². The van der Waals surface area contributed by atoms with Gasteiger partial charge in [-0.25, -0.2) is 15.0 Å². The molecule has 1 saturated carbocycles. The molecule has 9 nitrogen and oxygen atoms in total. The van der Waals surface area contributed by atoms with Gasteiger partial charge in [-0.1, -0.05) is 0 Å². The van der Waals surface area contributed by atoms with Gasteiger partial charge in [0.05, 0.1) is 6.33 Å². The van der Waals surface area contributed by atoms with Crippen LogP contribution in [-0.4, -0.2) is 54.1 Å². The molecule has 2 aliphatic rings. The minimum absolute atomic E-state index is 0.0571. The monoisotopic (exact) mass is 292 g/mol.